The summed E-state index contributed by atoms with van der Waals surface area (Å²) in [4.78, 5) is 18.0. The lowest BCUT2D eigenvalue weighted by Crippen LogP contribution is -2.47. The molecular weight excluding hydrogens is 352 g/mol. The summed E-state index contributed by atoms with van der Waals surface area (Å²) in [5.74, 6) is 0.498. The molecule has 2 heterocycles. The highest BCUT2D eigenvalue weighted by Crippen LogP contribution is 2.20. The molecule has 8 heteroatoms. The minimum atomic E-state index is -3.52. The molecule has 3 rings (SSSR count). The van der Waals surface area contributed by atoms with Crippen LogP contribution in [0.4, 0.5) is 11.5 Å². The predicted octanol–water partition coefficient (Wildman–Crippen LogP) is 1.96. The third-order valence-corrected chi connectivity index (χ3v) is 6.26. The Morgan fingerprint density at radius 2 is 1.85 bits per heavy atom. The van der Waals surface area contributed by atoms with Crippen LogP contribution >= 0.6 is 0 Å². The van der Waals surface area contributed by atoms with E-state index in [2.05, 4.69) is 15.2 Å². The summed E-state index contributed by atoms with van der Waals surface area (Å²) < 4.78 is 26.9. The summed E-state index contributed by atoms with van der Waals surface area (Å²) in [6.07, 6.45) is 1.37. The van der Waals surface area contributed by atoms with Gasteiger partial charge in [0.2, 0.25) is 10.0 Å². The second-order valence-electron chi connectivity index (χ2n) is 6.35. The molecule has 0 saturated carbocycles. The van der Waals surface area contributed by atoms with E-state index in [1.807, 2.05) is 13.1 Å². The number of piperazine rings is 1. The van der Waals surface area contributed by atoms with Crippen LogP contribution in [0.15, 0.2) is 47.5 Å². The largest absolute Gasteiger partial charge is 0.340 e. The Morgan fingerprint density at radius 3 is 2.46 bits per heavy atom. The van der Waals surface area contributed by atoms with Crippen molar-refractivity contribution in [3.05, 3.63) is 48.2 Å². The molecular formula is C18H22N4O3S. The van der Waals surface area contributed by atoms with Crippen LogP contribution in [0, 0.1) is 0 Å². The third kappa shape index (κ3) is 4.09. The lowest BCUT2D eigenvalue weighted by molar-refractivity contribution is 0.101. The van der Waals surface area contributed by atoms with Crippen LogP contribution in [0.25, 0.3) is 0 Å². The van der Waals surface area contributed by atoms with Crippen LogP contribution in [0.5, 0.6) is 0 Å². The number of anilines is 2. The normalized spacial score (nSPS) is 16.4. The number of likely N-dealkylation sites (N-methyl/N-ethyl adjacent to an activating group) is 1. The lowest BCUT2D eigenvalue weighted by Gasteiger charge is -2.31. The number of benzene rings is 1. The van der Waals surface area contributed by atoms with Gasteiger partial charge in [0.05, 0.1) is 0 Å². The zero-order valence-corrected chi connectivity index (χ0v) is 15.7. The number of ketones is 1. The summed E-state index contributed by atoms with van der Waals surface area (Å²) >= 11 is 0. The predicted molar refractivity (Wildman–Crippen MR) is 100 cm³/mol. The van der Waals surface area contributed by atoms with Gasteiger partial charge in [-0.1, -0.05) is 12.1 Å². The number of nitrogens with one attached hydrogen (secondary N) is 1. The molecule has 0 amide bonds. The van der Waals surface area contributed by atoms with E-state index in [0.29, 0.717) is 24.5 Å². The minimum absolute atomic E-state index is 0.0183. The first-order chi connectivity index (χ1) is 12.4. The van der Waals surface area contributed by atoms with E-state index in [0.717, 1.165) is 18.8 Å². The second-order valence-corrected chi connectivity index (χ2v) is 8.29. The van der Waals surface area contributed by atoms with E-state index < -0.39 is 10.0 Å². The van der Waals surface area contributed by atoms with Gasteiger partial charge in [-0.2, -0.15) is 4.31 Å². The highest BCUT2D eigenvalue weighted by molar-refractivity contribution is 7.89. The third-order valence-electron chi connectivity index (χ3n) is 4.38. The number of pyridine rings is 1. The van der Waals surface area contributed by atoms with Crippen molar-refractivity contribution in [1.82, 2.24) is 14.2 Å². The number of nitrogens with zero attached hydrogens (tertiary/aromatic N) is 3. The van der Waals surface area contributed by atoms with Gasteiger partial charge < -0.3 is 10.2 Å². The standard InChI is InChI=1S/C18H22N4O3S/c1-14(23)15-4-3-5-16(12-15)20-18-7-6-17(13-19-18)26(24,25)22-10-8-21(2)9-11-22/h3-7,12-13H,8-11H2,1-2H3,(H,19,20). The average molecular weight is 374 g/mol. The van der Waals surface area contributed by atoms with Crippen LogP contribution in [-0.4, -0.2) is 61.6 Å². The first kappa shape index (κ1) is 18.5. The molecule has 1 fully saturated rings. The van der Waals surface area contributed by atoms with Gasteiger partial charge >= 0.3 is 0 Å². The molecule has 0 atom stereocenters. The van der Waals surface area contributed by atoms with E-state index in [1.165, 1.54) is 17.4 Å². The maximum Gasteiger partial charge on any atom is 0.244 e. The van der Waals surface area contributed by atoms with Crippen LogP contribution in [0.2, 0.25) is 0 Å². The van der Waals surface area contributed by atoms with Crippen molar-refractivity contribution in [3.63, 3.8) is 0 Å². The molecule has 1 aliphatic heterocycles. The van der Waals surface area contributed by atoms with Crippen molar-refractivity contribution in [3.8, 4) is 0 Å². The summed E-state index contributed by atoms with van der Waals surface area (Å²) in [5, 5.41) is 3.08. The Morgan fingerprint density at radius 1 is 1.12 bits per heavy atom. The van der Waals surface area contributed by atoms with Crippen molar-refractivity contribution in [2.24, 2.45) is 0 Å². The number of carbonyl (C=O) groups excluding carboxylic acids is 1. The fourth-order valence-corrected chi connectivity index (χ4v) is 4.12. The fourth-order valence-electron chi connectivity index (χ4n) is 2.75. The van der Waals surface area contributed by atoms with Crippen LogP contribution < -0.4 is 5.32 Å². The number of hydrogen-bond acceptors (Lipinski definition) is 6. The summed E-state index contributed by atoms with van der Waals surface area (Å²) in [5.41, 5.74) is 1.32. The molecule has 2 aromatic rings. The Kier molecular flexibility index (Phi) is 5.36. The van der Waals surface area contributed by atoms with E-state index >= 15 is 0 Å². The maximum atomic E-state index is 12.7. The molecule has 1 aliphatic rings. The fraction of sp³-hybridized carbons (Fsp3) is 0.333. The van der Waals surface area contributed by atoms with Crippen molar-refractivity contribution in [2.75, 3.05) is 38.5 Å². The van der Waals surface area contributed by atoms with Crippen molar-refractivity contribution < 1.29 is 13.2 Å². The topological polar surface area (TPSA) is 82.6 Å². The monoisotopic (exact) mass is 374 g/mol. The van der Waals surface area contributed by atoms with Crippen molar-refractivity contribution in [2.45, 2.75) is 11.8 Å². The number of carbonyl (C=O) groups is 1. The van der Waals surface area contributed by atoms with E-state index in [9.17, 15) is 13.2 Å². The molecule has 0 spiro atoms. The zero-order valence-electron chi connectivity index (χ0n) is 14.8. The molecule has 26 heavy (non-hydrogen) atoms. The second kappa shape index (κ2) is 7.53. The van der Waals surface area contributed by atoms with Gasteiger partial charge in [0.1, 0.15) is 10.7 Å². The Balaban J connectivity index is 1.74. The van der Waals surface area contributed by atoms with E-state index in [4.69, 9.17) is 0 Å². The SMILES string of the molecule is CC(=O)c1cccc(Nc2ccc(S(=O)(=O)N3CCN(C)CC3)cn2)c1. The van der Waals surface area contributed by atoms with Gasteiger partial charge in [-0.25, -0.2) is 13.4 Å². The molecule has 7 nitrogen and oxygen atoms in total. The number of rotatable bonds is 5. The minimum Gasteiger partial charge on any atom is -0.340 e. The summed E-state index contributed by atoms with van der Waals surface area (Å²) in [7, 11) is -1.54. The van der Waals surface area contributed by atoms with Crippen LogP contribution in [0.1, 0.15) is 17.3 Å². The van der Waals surface area contributed by atoms with E-state index in [-0.39, 0.29) is 10.7 Å². The number of aromatic nitrogens is 1. The Bertz CT molecular complexity index is 889. The van der Waals surface area contributed by atoms with Crippen LogP contribution in [-0.2, 0) is 10.0 Å². The van der Waals surface area contributed by atoms with Crippen molar-refractivity contribution in [1.29, 1.82) is 0 Å². The molecule has 1 saturated heterocycles. The van der Waals surface area contributed by atoms with Gasteiger partial charge in [-0.05, 0) is 38.2 Å². The molecule has 1 aromatic carbocycles. The lowest BCUT2D eigenvalue weighted by atomic mass is 10.1. The number of Topliss-reactive ketones (excluding diaryl/α,β-unsaturated/α-hetero) is 1. The molecule has 138 valence electrons. The smallest absolute Gasteiger partial charge is 0.244 e. The molecule has 1 aromatic heterocycles. The number of sulfonamides is 1. The van der Waals surface area contributed by atoms with Gasteiger partial charge in [0, 0.05) is 43.6 Å². The summed E-state index contributed by atoms with van der Waals surface area (Å²) in [6.45, 7) is 3.92. The van der Waals surface area contributed by atoms with Crippen LogP contribution in [0.3, 0.4) is 0 Å². The highest BCUT2D eigenvalue weighted by Gasteiger charge is 2.27. The molecule has 0 unspecified atom stereocenters. The maximum absolute atomic E-state index is 12.7. The van der Waals surface area contributed by atoms with E-state index in [1.54, 1.807) is 30.3 Å². The van der Waals surface area contributed by atoms with Gasteiger partial charge in [-0.15, -0.1) is 0 Å². The Labute approximate surface area is 153 Å². The summed E-state index contributed by atoms with van der Waals surface area (Å²) in [6, 6.07) is 10.3. The van der Waals surface area contributed by atoms with Crippen molar-refractivity contribution >= 4 is 27.3 Å². The number of hydrogen-bond donors (Lipinski definition) is 1. The van der Waals surface area contributed by atoms with Gasteiger partial charge in [0.15, 0.2) is 5.78 Å². The molecule has 1 N–H and O–H groups in total. The van der Waals surface area contributed by atoms with Gasteiger partial charge in [0.25, 0.3) is 0 Å². The molecule has 0 aliphatic carbocycles. The first-order valence-corrected chi connectivity index (χ1v) is 9.83. The quantitative estimate of drug-likeness (QED) is 0.806. The highest BCUT2D eigenvalue weighted by atomic mass is 32.2. The first-order valence-electron chi connectivity index (χ1n) is 8.39. The van der Waals surface area contributed by atoms with Gasteiger partial charge in [-0.3, -0.25) is 4.79 Å². The molecule has 0 bridgehead atoms. The zero-order chi connectivity index (χ0) is 18.7. The Hall–Kier alpha value is -2.29. The molecule has 0 radical (unpaired) electrons. The average Bonchev–Trinajstić information content (AvgIpc) is 2.63.